The number of nitrogens with zero attached hydrogens (tertiary/aromatic N) is 2. The molecule has 18 heavy (non-hydrogen) atoms. The van der Waals surface area contributed by atoms with Crippen LogP contribution in [0.3, 0.4) is 0 Å². The Balaban J connectivity index is 2.34. The lowest BCUT2D eigenvalue weighted by molar-refractivity contribution is -0.141. The Labute approximate surface area is 115 Å². The van der Waals surface area contributed by atoms with E-state index in [-0.39, 0.29) is 18.3 Å². The molecule has 98 valence electrons. The van der Waals surface area contributed by atoms with E-state index in [0.717, 1.165) is 6.07 Å². The molecule has 1 fully saturated rings. The molecule has 0 atom stereocenters. The van der Waals surface area contributed by atoms with Gasteiger partial charge in [-0.1, -0.05) is 0 Å². The minimum atomic E-state index is -4.48. The Morgan fingerprint density at radius 3 is 2.72 bits per heavy atom. The molecule has 0 saturated carbocycles. The molecule has 0 unspecified atom stereocenters. The van der Waals surface area contributed by atoms with Gasteiger partial charge in [0.1, 0.15) is 11.5 Å². The quantitative estimate of drug-likeness (QED) is 0.764. The summed E-state index contributed by atoms with van der Waals surface area (Å²) in [4.78, 5) is 16.4. The molecule has 0 aliphatic carbocycles. The number of hydrogen-bond acceptors (Lipinski definition) is 3. The molecule has 1 N–H and O–H groups in total. The fourth-order valence-electron chi connectivity index (χ4n) is 1.63. The average Bonchev–Trinajstić information content (AvgIpc) is 2.28. The van der Waals surface area contributed by atoms with Crippen molar-refractivity contribution in [3.8, 4) is 0 Å². The van der Waals surface area contributed by atoms with Crippen LogP contribution in [-0.4, -0.2) is 30.5 Å². The molecule has 2 rings (SSSR count). The van der Waals surface area contributed by atoms with E-state index in [4.69, 9.17) is 0 Å². The second-order valence-corrected chi connectivity index (χ2v) is 4.93. The van der Waals surface area contributed by atoms with Crippen molar-refractivity contribution in [2.24, 2.45) is 0 Å². The van der Waals surface area contributed by atoms with E-state index in [1.54, 1.807) is 4.90 Å². The lowest BCUT2D eigenvalue weighted by Gasteiger charge is -2.28. The molecule has 0 bridgehead atoms. The molecule has 1 saturated heterocycles. The van der Waals surface area contributed by atoms with Crippen molar-refractivity contribution >= 4 is 34.3 Å². The maximum Gasteiger partial charge on any atom is 0.433 e. The lowest BCUT2D eigenvalue weighted by Crippen LogP contribution is -2.48. The van der Waals surface area contributed by atoms with Crippen LogP contribution in [0.25, 0.3) is 0 Å². The third-order valence-electron chi connectivity index (χ3n) is 2.46. The fraction of sp³-hybridized carbons (Fsp3) is 0.400. The second-order valence-electron chi connectivity index (χ2n) is 3.77. The Kier molecular flexibility index (Phi) is 3.64. The summed E-state index contributed by atoms with van der Waals surface area (Å²) < 4.78 is 38.3. The van der Waals surface area contributed by atoms with E-state index in [9.17, 15) is 18.0 Å². The first-order chi connectivity index (χ1) is 8.38. The van der Waals surface area contributed by atoms with E-state index >= 15 is 0 Å². The molecule has 0 aromatic carbocycles. The van der Waals surface area contributed by atoms with Gasteiger partial charge in [-0.3, -0.25) is 4.79 Å². The van der Waals surface area contributed by atoms with Gasteiger partial charge >= 0.3 is 6.18 Å². The van der Waals surface area contributed by atoms with Crippen molar-refractivity contribution in [2.75, 3.05) is 24.5 Å². The molecule has 1 amide bonds. The highest BCUT2D eigenvalue weighted by Gasteiger charge is 2.33. The second kappa shape index (κ2) is 4.90. The zero-order valence-electron chi connectivity index (χ0n) is 9.09. The molecule has 1 aliphatic rings. The van der Waals surface area contributed by atoms with Crippen LogP contribution in [0.5, 0.6) is 0 Å². The monoisotopic (exact) mass is 371 g/mol. The lowest BCUT2D eigenvalue weighted by atomic mass is 10.3. The van der Waals surface area contributed by atoms with Crippen LogP contribution in [-0.2, 0) is 11.0 Å². The minimum Gasteiger partial charge on any atom is -0.353 e. The third-order valence-corrected chi connectivity index (χ3v) is 3.30. The number of alkyl halides is 3. The van der Waals surface area contributed by atoms with Gasteiger partial charge in [-0.15, -0.1) is 0 Å². The van der Waals surface area contributed by atoms with Crippen molar-refractivity contribution in [1.29, 1.82) is 0 Å². The fourth-order valence-corrected chi connectivity index (χ4v) is 2.27. The molecule has 1 aliphatic heterocycles. The van der Waals surface area contributed by atoms with E-state index in [1.165, 1.54) is 6.07 Å². The van der Waals surface area contributed by atoms with Crippen LogP contribution < -0.4 is 10.2 Å². The molecule has 2 heterocycles. The Bertz CT molecular complexity index is 478. The molecule has 1 aromatic heterocycles. The van der Waals surface area contributed by atoms with E-state index < -0.39 is 11.9 Å². The predicted octanol–water partition coefficient (Wildman–Crippen LogP) is 1.64. The summed E-state index contributed by atoms with van der Waals surface area (Å²) in [6, 6.07) is 2.30. The first-order valence-corrected chi connectivity index (χ1v) is 6.21. The van der Waals surface area contributed by atoms with Crippen LogP contribution in [0.2, 0.25) is 0 Å². The van der Waals surface area contributed by atoms with Crippen molar-refractivity contribution in [3.05, 3.63) is 21.4 Å². The summed E-state index contributed by atoms with van der Waals surface area (Å²) in [6.07, 6.45) is -4.48. The van der Waals surface area contributed by atoms with Gasteiger partial charge in [0, 0.05) is 13.1 Å². The number of carbonyl (C=O) groups is 1. The van der Waals surface area contributed by atoms with Gasteiger partial charge in [0.05, 0.1) is 10.1 Å². The first-order valence-electron chi connectivity index (χ1n) is 5.13. The Morgan fingerprint density at radius 1 is 1.39 bits per heavy atom. The highest BCUT2D eigenvalue weighted by Crippen LogP contribution is 2.31. The van der Waals surface area contributed by atoms with Crippen LogP contribution in [0.15, 0.2) is 12.1 Å². The van der Waals surface area contributed by atoms with Crippen molar-refractivity contribution in [2.45, 2.75) is 6.18 Å². The summed E-state index contributed by atoms with van der Waals surface area (Å²) >= 11 is 1.91. The van der Waals surface area contributed by atoms with Crippen LogP contribution in [0, 0.1) is 3.57 Å². The van der Waals surface area contributed by atoms with Gasteiger partial charge < -0.3 is 10.2 Å². The number of amides is 1. The van der Waals surface area contributed by atoms with Crippen LogP contribution in [0.4, 0.5) is 19.0 Å². The van der Waals surface area contributed by atoms with Crippen LogP contribution >= 0.6 is 22.6 Å². The highest BCUT2D eigenvalue weighted by molar-refractivity contribution is 14.1. The molecular formula is C10H9F3IN3O. The van der Waals surface area contributed by atoms with E-state index in [2.05, 4.69) is 10.3 Å². The summed E-state index contributed by atoms with van der Waals surface area (Å²) in [5.41, 5.74) is -0.941. The van der Waals surface area contributed by atoms with Gasteiger partial charge in [-0.05, 0) is 34.7 Å². The Morgan fingerprint density at radius 2 is 2.11 bits per heavy atom. The number of hydrogen-bond donors (Lipinski definition) is 1. The number of anilines is 1. The molecule has 0 radical (unpaired) electrons. The zero-order valence-corrected chi connectivity index (χ0v) is 11.2. The SMILES string of the molecule is O=C1CN(c2nc(C(F)(F)F)ccc2I)CCN1. The van der Waals surface area contributed by atoms with Crippen molar-refractivity contribution in [1.82, 2.24) is 10.3 Å². The molecular weight excluding hydrogens is 362 g/mol. The number of carbonyl (C=O) groups excluding carboxylic acids is 1. The van der Waals surface area contributed by atoms with Gasteiger partial charge in [-0.25, -0.2) is 4.98 Å². The number of rotatable bonds is 1. The predicted molar refractivity (Wildman–Crippen MR) is 67.2 cm³/mol. The number of halogens is 4. The Hall–Kier alpha value is -1.06. The van der Waals surface area contributed by atoms with Gasteiger partial charge in [0.15, 0.2) is 0 Å². The smallest absolute Gasteiger partial charge is 0.353 e. The molecule has 1 aromatic rings. The summed E-state index contributed by atoms with van der Waals surface area (Å²) in [5, 5.41) is 2.61. The zero-order chi connectivity index (χ0) is 13.3. The standard InChI is InChI=1S/C10H9F3IN3O/c11-10(12,13)7-2-1-6(14)9(16-7)17-4-3-15-8(18)5-17/h1-2H,3-5H2,(H,15,18). The summed E-state index contributed by atoms with van der Waals surface area (Å²) in [6.45, 7) is 0.896. The third kappa shape index (κ3) is 2.85. The first kappa shape index (κ1) is 13.4. The summed E-state index contributed by atoms with van der Waals surface area (Å²) in [7, 11) is 0. The van der Waals surface area contributed by atoms with Crippen molar-refractivity contribution < 1.29 is 18.0 Å². The average molecular weight is 371 g/mol. The summed E-state index contributed by atoms with van der Waals surface area (Å²) in [5.74, 6) is -0.00321. The minimum absolute atomic E-state index is 0.0321. The van der Waals surface area contributed by atoms with E-state index in [1.807, 2.05) is 22.6 Å². The topological polar surface area (TPSA) is 45.2 Å². The maximum absolute atomic E-state index is 12.6. The van der Waals surface area contributed by atoms with Gasteiger partial charge in [0.25, 0.3) is 0 Å². The molecule has 8 heteroatoms. The molecule has 0 spiro atoms. The maximum atomic E-state index is 12.6. The highest BCUT2D eigenvalue weighted by atomic mass is 127. The van der Waals surface area contributed by atoms with Crippen LogP contribution in [0.1, 0.15) is 5.69 Å². The largest absolute Gasteiger partial charge is 0.433 e. The van der Waals surface area contributed by atoms with Crippen molar-refractivity contribution in [3.63, 3.8) is 0 Å². The molecule has 4 nitrogen and oxygen atoms in total. The van der Waals surface area contributed by atoms with Gasteiger partial charge in [0.2, 0.25) is 5.91 Å². The number of piperazine rings is 1. The number of pyridine rings is 1. The van der Waals surface area contributed by atoms with E-state index in [0.29, 0.717) is 16.7 Å². The number of aromatic nitrogens is 1. The number of nitrogens with one attached hydrogen (secondary N) is 1. The van der Waals surface area contributed by atoms with Gasteiger partial charge in [-0.2, -0.15) is 13.2 Å². The normalized spacial score (nSPS) is 16.7.